The molecule has 0 saturated carbocycles. The molecule has 34 heavy (non-hydrogen) atoms. The zero-order valence-electron chi connectivity index (χ0n) is 18.1. The lowest BCUT2D eigenvalue weighted by Gasteiger charge is -2.34. The summed E-state index contributed by atoms with van der Waals surface area (Å²) in [6.45, 7) is -0.146. The molecule has 0 unspecified atom stereocenters. The van der Waals surface area contributed by atoms with Gasteiger partial charge in [0.05, 0.1) is 24.3 Å². The second-order valence-electron chi connectivity index (χ2n) is 8.62. The topological polar surface area (TPSA) is 79.5 Å². The van der Waals surface area contributed by atoms with Crippen LogP contribution in [0.15, 0.2) is 24.3 Å². The van der Waals surface area contributed by atoms with Crippen LogP contribution in [0.3, 0.4) is 0 Å². The molecule has 2 aliphatic rings. The van der Waals surface area contributed by atoms with Crippen LogP contribution in [0.1, 0.15) is 35.4 Å². The number of aromatic nitrogens is 1. The Labute approximate surface area is 196 Å². The van der Waals surface area contributed by atoms with E-state index in [0.29, 0.717) is 29.2 Å². The molecule has 2 aromatic rings. The molecule has 1 aromatic carbocycles. The van der Waals surface area contributed by atoms with Gasteiger partial charge in [-0.25, -0.2) is 13.8 Å². The predicted octanol–water partition coefficient (Wildman–Crippen LogP) is 3.69. The van der Waals surface area contributed by atoms with Crippen molar-refractivity contribution in [1.82, 2.24) is 14.8 Å². The van der Waals surface area contributed by atoms with Gasteiger partial charge in [-0.1, -0.05) is 12.1 Å². The summed E-state index contributed by atoms with van der Waals surface area (Å²) in [6, 6.07) is 4.00. The maximum atomic E-state index is 13.6. The van der Waals surface area contributed by atoms with Gasteiger partial charge in [-0.3, -0.25) is 9.59 Å². The summed E-state index contributed by atoms with van der Waals surface area (Å²) in [6.07, 6.45) is -4.68. The number of hydrogen-bond donors (Lipinski definition) is 1. The van der Waals surface area contributed by atoms with E-state index in [0.717, 1.165) is 21.9 Å². The van der Waals surface area contributed by atoms with Gasteiger partial charge in [0.15, 0.2) is 0 Å². The fourth-order valence-electron chi connectivity index (χ4n) is 4.10. The number of carbonyl (C=O) groups is 2. The summed E-state index contributed by atoms with van der Waals surface area (Å²) >= 11 is 1.38. The number of nitrogens with zero attached hydrogens (tertiary/aromatic N) is 3. The van der Waals surface area contributed by atoms with Crippen molar-refractivity contribution in [3.8, 4) is 10.6 Å². The largest absolute Gasteiger partial charge is 0.416 e. The normalized spacial score (nSPS) is 19.2. The fourth-order valence-corrected chi connectivity index (χ4v) is 5.16. The average Bonchev–Trinajstić information content (AvgIpc) is 3.19. The van der Waals surface area contributed by atoms with E-state index in [1.165, 1.54) is 23.5 Å². The standard InChI is InChI=1S/C22H23F5N4O2S/c23-21(24)7-5-18(32)31(12-21)10-15(28)9-19(33)30-8-6-17-16(11-30)29-20(34-17)13-1-3-14(4-2-13)22(25,26)27/h1-4,15H,5-12,28H2/t15-/m0/s1. The van der Waals surface area contributed by atoms with E-state index in [1.807, 2.05) is 0 Å². The molecule has 184 valence electrons. The lowest BCUT2D eigenvalue weighted by molar-refractivity contribution is -0.148. The fraction of sp³-hybridized carbons (Fsp3) is 0.500. The van der Waals surface area contributed by atoms with Crippen LogP contribution in [0.5, 0.6) is 0 Å². The Morgan fingerprint density at radius 2 is 1.91 bits per heavy atom. The van der Waals surface area contributed by atoms with Gasteiger partial charge in [-0.05, 0) is 12.1 Å². The minimum atomic E-state index is -4.41. The highest BCUT2D eigenvalue weighted by molar-refractivity contribution is 7.15. The van der Waals surface area contributed by atoms with E-state index >= 15 is 0 Å². The maximum absolute atomic E-state index is 13.6. The number of nitrogens with two attached hydrogens (primary N) is 1. The molecule has 2 aliphatic heterocycles. The minimum Gasteiger partial charge on any atom is -0.336 e. The average molecular weight is 503 g/mol. The molecule has 0 bridgehead atoms. The Kier molecular flexibility index (Phi) is 6.65. The van der Waals surface area contributed by atoms with Crippen molar-refractivity contribution in [2.75, 3.05) is 19.6 Å². The molecule has 0 spiro atoms. The van der Waals surface area contributed by atoms with Crippen molar-refractivity contribution in [2.24, 2.45) is 5.73 Å². The van der Waals surface area contributed by atoms with Gasteiger partial charge < -0.3 is 15.5 Å². The van der Waals surface area contributed by atoms with Crippen molar-refractivity contribution in [1.29, 1.82) is 0 Å². The van der Waals surface area contributed by atoms with Crippen LogP contribution in [-0.4, -0.2) is 58.2 Å². The molecule has 1 atom stereocenters. The summed E-state index contributed by atoms with van der Waals surface area (Å²) in [5, 5.41) is 0.578. The Morgan fingerprint density at radius 1 is 1.21 bits per heavy atom. The molecule has 0 aliphatic carbocycles. The molecule has 3 heterocycles. The number of rotatable bonds is 5. The second kappa shape index (κ2) is 9.21. The molecular weight excluding hydrogens is 479 g/mol. The summed E-state index contributed by atoms with van der Waals surface area (Å²) in [5.41, 5.74) is 6.51. The number of piperidine rings is 1. The van der Waals surface area contributed by atoms with E-state index in [4.69, 9.17) is 5.73 Å². The molecule has 4 rings (SSSR count). The first-order chi connectivity index (χ1) is 15.9. The van der Waals surface area contributed by atoms with Gasteiger partial charge in [-0.2, -0.15) is 13.2 Å². The van der Waals surface area contributed by atoms with Gasteiger partial charge in [0, 0.05) is 55.3 Å². The molecule has 6 nitrogen and oxygen atoms in total. The Balaban J connectivity index is 1.36. The first-order valence-corrected chi connectivity index (χ1v) is 11.6. The number of alkyl halides is 5. The number of thiazole rings is 1. The predicted molar refractivity (Wildman–Crippen MR) is 115 cm³/mol. The van der Waals surface area contributed by atoms with Crippen LogP contribution in [-0.2, 0) is 28.7 Å². The lowest BCUT2D eigenvalue weighted by atomic mass is 10.0. The molecule has 12 heteroatoms. The van der Waals surface area contributed by atoms with Gasteiger partial charge in [0.2, 0.25) is 11.8 Å². The van der Waals surface area contributed by atoms with Crippen molar-refractivity contribution >= 4 is 23.2 Å². The smallest absolute Gasteiger partial charge is 0.336 e. The number of benzene rings is 1. The highest BCUT2D eigenvalue weighted by Crippen LogP contribution is 2.34. The molecule has 2 amide bonds. The Hall–Kier alpha value is -2.60. The van der Waals surface area contributed by atoms with Crippen LogP contribution in [0.4, 0.5) is 22.0 Å². The van der Waals surface area contributed by atoms with Crippen LogP contribution in [0.25, 0.3) is 10.6 Å². The highest BCUT2D eigenvalue weighted by Gasteiger charge is 2.39. The Bertz CT molecular complexity index is 1070. The minimum absolute atomic E-state index is 0.0966. The highest BCUT2D eigenvalue weighted by atomic mass is 32.1. The first-order valence-electron chi connectivity index (χ1n) is 10.8. The quantitative estimate of drug-likeness (QED) is 0.633. The van der Waals surface area contributed by atoms with Crippen molar-refractivity contribution < 1.29 is 31.5 Å². The number of fused-ring (bicyclic) bond motifs is 1. The molecule has 1 saturated heterocycles. The maximum Gasteiger partial charge on any atom is 0.416 e. The van der Waals surface area contributed by atoms with Crippen LogP contribution >= 0.6 is 11.3 Å². The van der Waals surface area contributed by atoms with Crippen molar-refractivity contribution in [2.45, 2.75) is 50.4 Å². The van der Waals surface area contributed by atoms with Crippen LogP contribution in [0, 0.1) is 0 Å². The number of amides is 2. The van der Waals surface area contributed by atoms with E-state index in [2.05, 4.69) is 4.98 Å². The van der Waals surface area contributed by atoms with E-state index in [1.54, 1.807) is 4.90 Å². The van der Waals surface area contributed by atoms with Crippen LogP contribution in [0.2, 0.25) is 0 Å². The SMILES string of the molecule is N[C@@H](CC(=O)N1CCc2sc(-c3ccc(C(F)(F)F)cc3)nc2C1)CN1CC(F)(F)CCC1=O. The second-order valence-corrected chi connectivity index (χ2v) is 9.71. The third-order valence-corrected chi connectivity index (χ3v) is 7.12. The van der Waals surface area contributed by atoms with E-state index in [9.17, 15) is 31.5 Å². The molecular formula is C22H23F5N4O2S. The molecule has 1 fully saturated rings. The molecule has 2 N–H and O–H groups in total. The monoisotopic (exact) mass is 502 g/mol. The van der Waals surface area contributed by atoms with Gasteiger partial charge >= 0.3 is 6.18 Å². The number of hydrogen-bond acceptors (Lipinski definition) is 5. The summed E-state index contributed by atoms with van der Waals surface area (Å²) in [7, 11) is 0. The van der Waals surface area contributed by atoms with Gasteiger partial charge in [0.25, 0.3) is 5.92 Å². The van der Waals surface area contributed by atoms with Gasteiger partial charge in [0.1, 0.15) is 5.01 Å². The summed E-state index contributed by atoms with van der Waals surface area (Å²) in [5.74, 6) is -3.61. The van der Waals surface area contributed by atoms with Crippen LogP contribution < -0.4 is 5.73 Å². The zero-order chi connectivity index (χ0) is 24.7. The van der Waals surface area contributed by atoms with E-state index < -0.39 is 42.6 Å². The summed E-state index contributed by atoms with van der Waals surface area (Å²) in [4.78, 5) is 32.7. The Morgan fingerprint density at radius 3 is 2.59 bits per heavy atom. The third kappa shape index (κ3) is 5.54. The number of halogens is 5. The molecule has 0 radical (unpaired) electrons. The number of likely N-dealkylation sites (tertiary alicyclic amines) is 1. The number of carbonyl (C=O) groups excluding carboxylic acids is 2. The first kappa shape index (κ1) is 24.5. The van der Waals surface area contributed by atoms with E-state index in [-0.39, 0.29) is 31.8 Å². The van der Waals surface area contributed by atoms with Gasteiger partial charge in [-0.15, -0.1) is 11.3 Å². The molecule has 1 aromatic heterocycles. The van der Waals surface area contributed by atoms with Crippen molar-refractivity contribution in [3.05, 3.63) is 40.4 Å². The van der Waals surface area contributed by atoms with Crippen molar-refractivity contribution in [3.63, 3.8) is 0 Å². The lowest BCUT2D eigenvalue weighted by Crippen LogP contribution is -2.51. The third-order valence-electron chi connectivity index (χ3n) is 5.91. The summed E-state index contributed by atoms with van der Waals surface area (Å²) < 4.78 is 65.6. The zero-order valence-corrected chi connectivity index (χ0v) is 18.9.